The third-order valence-corrected chi connectivity index (χ3v) is 2.86. The molecule has 0 aliphatic heterocycles. The van der Waals surface area contributed by atoms with Gasteiger partial charge < -0.3 is 0 Å². The lowest BCUT2D eigenvalue weighted by molar-refractivity contribution is -0.0140. The van der Waals surface area contributed by atoms with Crippen LogP contribution in [0.25, 0.3) is 0 Å². The maximum atomic E-state index is 13.6. The first-order valence-corrected chi connectivity index (χ1v) is 5.93. The third kappa shape index (κ3) is 3.26. The molecular weight excluding hydrogens is 220 g/mol. The second kappa shape index (κ2) is 5.77. The summed E-state index contributed by atoms with van der Waals surface area (Å²) in [6, 6.07) is 8.31. The molecule has 1 aromatic carbocycles. The van der Waals surface area contributed by atoms with Crippen LogP contribution in [0.15, 0.2) is 24.3 Å². The largest absolute Gasteiger partial charge is 0.273 e. The van der Waals surface area contributed by atoms with Crippen LogP contribution in [0.5, 0.6) is 0 Å². The van der Waals surface area contributed by atoms with E-state index in [1.807, 2.05) is 6.92 Å². The number of hydrogen-bond acceptors (Lipinski definition) is 1. The minimum absolute atomic E-state index is 0.0379. The molecule has 0 aliphatic rings. The standard InChI is InChI=1S/C14H17F2N/c1-3-9-14(15,16)13-7-5-12(6-8-13)11(4-2)10-17/h5-8,11H,3-4,9H2,1-2H3. The Bertz CT molecular complexity index is 390. The minimum atomic E-state index is -2.76. The normalized spacial score (nSPS) is 13.1. The molecule has 1 atom stereocenters. The van der Waals surface area contributed by atoms with Crippen LogP contribution in [-0.2, 0) is 5.92 Å². The van der Waals surface area contributed by atoms with Gasteiger partial charge in [-0.1, -0.05) is 44.5 Å². The highest BCUT2D eigenvalue weighted by Crippen LogP contribution is 2.33. The lowest BCUT2D eigenvalue weighted by Crippen LogP contribution is -2.12. The molecule has 0 bridgehead atoms. The minimum Gasteiger partial charge on any atom is -0.201 e. The molecule has 1 rings (SSSR count). The summed E-state index contributed by atoms with van der Waals surface area (Å²) in [5.74, 6) is -2.97. The average Bonchev–Trinajstić information content (AvgIpc) is 2.31. The average molecular weight is 237 g/mol. The van der Waals surface area contributed by atoms with Gasteiger partial charge in [-0.15, -0.1) is 0 Å². The monoisotopic (exact) mass is 237 g/mol. The zero-order valence-electron chi connectivity index (χ0n) is 10.2. The van der Waals surface area contributed by atoms with E-state index >= 15 is 0 Å². The highest BCUT2D eigenvalue weighted by molar-refractivity contribution is 5.30. The Labute approximate surface area is 101 Å². The van der Waals surface area contributed by atoms with Gasteiger partial charge in [-0.25, -0.2) is 8.78 Å². The first kappa shape index (κ1) is 13.6. The van der Waals surface area contributed by atoms with Crippen molar-refractivity contribution in [3.05, 3.63) is 35.4 Å². The van der Waals surface area contributed by atoms with Gasteiger partial charge >= 0.3 is 0 Å². The van der Waals surface area contributed by atoms with Crippen molar-refractivity contribution < 1.29 is 8.78 Å². The highest BCUT2D eigenvalue weighted by Gasteiger charge is 2.29. The van der Waals surface area contributed by atoms with Gasteiger partial charge in [0.25, 0.3) is 5.92 Å². The van der Waals surface area contributed by atoms with Gasteiger partial charge in [0.1, 0.15) is 0 Å². The Morgan fingerprint density at radius 3 is 2.24 bits per heavy atom. The van der Waals surface area contributed by atoms with Crippen molar-refractivity contribution in [3.8, 4) is 6.07 Å². The van der Waals surface area contributed by atoms with Crippen LogP contribution in [0, 0.1) is 11.3 Å². The van der Waals surface area contributed by atoms with E-state index in [0.717, 1.165) is 5.56 Å². The predicted octanol–water partition coefficient (Wildman–Crippen LogP) is 4.60. The van der Waals surface area contributed by atoms with Crippen LogP contribution in [0.3, 0.4) is 0 Å². The van der Waals surface area contributed by atoms with Gasteiger partial charge in [-0.2, -0.15) is 5.26 Å². The summed E-state index contributed by atoms with van der Waals surface area (Å²) in [4.78, 5) is 0. The third-order valence-electron chi connectivity index (χ3n) is 2.86. The molecule has 0 fully saturated rings. The molecule has 0 saturated heterocycles. The number of hydrogen-bond donors (Lipinski definition) is 0. The molecule has 0 saturated carbocycles. The van der Waals surface area contributed by atoms with Crippen molar-refractivity contribution in [2.45, 2.75) is 45.0 Å². The Hall–Kier alpha value is -1.43. The van der Waals surface area contributed by atoms with Gasteiger partial charge in [0, 0.05) is 12.0 Å². The molecule has 0 radical (unpaired) electrons. The van der Waals surface area contributed by atoms with Gasteiger partial charge in [-0.3, -0.25) is 0 Å². The molecule has 1 nitrogen and oxygen atoms in total. The fourth-order valence-electron chi connectivity index (χ4n) is 1.82. The molecule has 17 heavy (non-hydrogen) atoms. The lowest BCUT2D eigenvalue weighted by Gasteiger charge is -2.16. The van der Waals surface area contributed by atoms with Crippen LogP contribution in [0.1, 0.15) is 50.2 Å². The topological polar surface area (TPSA) is 23.8 Å². The van der Waals surface area contributed by atoms with Gasteiger partial charge in [-0.05, 0) is 12.0 Å². The summed E-state index contributed by atoms with van der Waals surface area (Å²) in [5.41, 5.74) is 0.849. The Kier molecular flexibility index (Phi) is 4.62. The molecule has 0 N–H and O–H groups in total. The number of nitriles is 1. The second-order valence-corrected chi connectivity index (χ2v) is 4.17. The van der Waals surface area contributed by atoms with E-state index in [-0.39, 0.29) is 17.9 Å². The van der Waals surface area contributed by atoms with Crippen molar-refractivity contribution in [1.82, 2.24) is 0 Å². The Morgan fingerprint density at radius 1 is 1.24 bits per heavy atom. The van der Waals surface area contributed by atoms with Crippen molar-refractivity contribution in [2.24, 2.45) is 0 Å². The molecule has 92 valence electrons. The zero-order chi connectivity index (χ0) is 12.9. The van der Waals surface area contributed by atoms with Crippen molar-refractivity contribution in [2.75, 3.05) is 0 Å². The van der Waals surface area contributed by atoms with Crippen molar-refractivity contribution >= 4 is 0 Å². The van der Waals surface area contributed by atoms with Crippen LogP contribution in [0.4, 0.5) is 8.78 Å². The second-order valence-electron chi connectivity index (χ2n) is 4.17. The van der Waals surface area contributed by atoms with Gasteiger partial charge in [0.15, 0.2) is 0 Å². The fourth-order valence-corrected chi connectivity index (χ4v) is 1.82. The first-order valence-electron chi connectivity index (χ1n) is 5.93. The quantitative estimate of drug-likeness (QED) is 0.734. The van der Waals surface area contributed by atoms with Crippen molar-refractivity contribution in [1.29, 1.82) is 5.26 Å². The first-order chi connectivity index (χ1) is 8.05. The molecule has 3 heteroatoms. The number of benzene rings is 1. The number of halogens is 2. The molecular formula is C14H17F2N. The SMILES string of the molecule is CCCC(F)(F)c1ccc(C(C#N)CC)cc1. The van der Waals surface area contributed by atoms with Crippen LogP contribution < -0.4 is 0 Å². The molecule has 0 spiro atoms. The predicted molar refractivity (Wildman–Crippen MR) is 63.9 cm³/mol. The van der Waals surface area contributed by atoms with E-state index in [4.69, 9.17) is 5.26 Å². The Morgan fingerprint density at radius 2 is 1.82 bits per heavy atom. The lowest BCUT2D eigenvalue weighted by atomic mass is 9.95. The maximum absolute atomic E-state index is 13.6. The number of nitrogens with zero attached hydrogens (tertiary/aromatic N) is 1. The summed E-state index contributed by atoms with van der Waals surface area (Å²) in [5, 5.41) is 8.89. The van der Waals surface area contributed by atoms with E-state index in [2.05, 4.69) is 6.07 Å². The van der Waals surface area contributed by atoms with E-state index in [1.165, 1.54) is 12.1 Å². The molecule has 0 amide bonds. The number of rotatable bonds is 5. The summed E-state index contributed by atoms with van der Waals surface area (Å²) >= 11 is 0. The smallest absolute Gasteiger partial charge is 0.201 e. The molecule has 0 heterocycles. The van der Waals surface area contributed by atoms with E-state index in [9.17, 15) is 8.78 Å². The van der Waals surface area contributed by atoms with Gasteiger partial charge in [0.2, 0.25) is 0 Å². The van der Waals surface area contributed by atoms with Crippen LogP contribution in [-0.4, -0.2) is 0 Å². The molecule has 1 aromatic rings. The summed E-state index contributed by atoms with van der Waals surface area (Å²) in [7, 11) is 0. The van der Waals surface area contributed by atoms with E-state index in [1.54, 1.807) is 19.1 Å². The summed E-state index contributed by atoms with van der Waals surface area (Å²) in [6.07, 6.45) is 1.01. The molecule has 1 unspecified atom stereocenters. The van der Waals surface area contributed by atoms with E-state index in [0.29, 0.717) is 12.8 Å². The van der Waals surface area contributed by atoms with E-state index < -0.39 is 5.92 Å². The Balaban J connectivity index is 2.92. The van der Waals surface area contributed by atoms with Crippen molar-refractivity contribution in [3.63, 3.8) is 0 Å². The van der Waals surface area contributed by atoms with Crippen LogP contribution >= 0.6 is 0 Å². The number of alkyl halides is 2. The molecule has 0 aliphatic carbocycles. The molecule has 0 aromatic heterocycles. The summed E-state index contributed by atoms with van der Waals surface area (Å²) < 4.78 is 27.2. The highest BCUT2D eigenvalue weighted by atomic mass is 19.3. The fraction of sp³-hybridized carbons (Fsp3) is 0.500. The van der Waals surface area contributed by atoms with Crippen LogP contribution in [0.2, 0.25) is 0 Å². The zero-order valence-corrected chi connectivity index (χ0v) is 10.2. The van der Waals surface area contributed by atoms with Gasteiger partial charge in [0.05, 0.1) is 12.0 Å². The summed E-state index contributed by atoms with van der Waals surface area (Å²) in [6.45, 7) is 3.65. The maximum Gasteiger partial charge on any atom is 0.273 e.